The van der Waals surface area contributed by atoms with Crippen LogP contribution >= 0.6 is 0 Å². The number of hydrogen-bond acceptors (Lipinski definition) is 5. The van der Waals surface area contributed by atoms with Crippen molar-refractivity contribution in [3.63, 3.8) is 0 Å². The number of aliphatic hydroxyl groups is 1. The average Bonchev–Trinajstić information content (AvgIpc) is 3.33. The van der Waals surface area contributed by atoms with Gasteiger partial charge in [0.05, 0.1) is 5.69 Å². The third-order valence-electron chi connectivity index (χ3n) is 11.7. The zero-order valence-corrected chi connectivity index (χ0v) is 44.7. The van der Waals surface area contributed by atoms with Crippen molar-refractivity contribution in [2.24, 2.45) is 5.92 Å². The second-order valence-electron chi connectivity index (χ2n) is 16.9. The molecule has 0 heterocycles. The van der Waals surface area contributed by atoms with Crippen molar-refractivity contribution < 1.29 is 15.0 Å². The minimum Gasteiger partial charge on any atom is -0.483 e. The first-order valence-corrected chi connectivity index (χ1v) is 27.3. The third kappa shape index (κ3) is 54.1. The monoisotopic (exact) mass is 894 g/mol. The van der Waals surface area contributed by atoms with Crippen molar-refractivity contribution in [2.75, 3.05) is 25.1 Å². The molecule has 0 saturated carbocycles. The van der Waals surface area contributed by atoms with E-state index in [-0.39, 0.29) is 17.3 Å². The summed E-state index contributed by atoms with van der Waals surface area (Å²) in [6.45, 7) is 22.7. The maximum Gasteiger partial charge on any atom is 0.290 e. The van der Waals surface area contributed by atoms with Crippen LogP contribution in [-0.2, 0) is 4.79 Å². The largest absolute Gasteiger partial charge is 0.483 e. The molecule has 1 aromatic rings. The van der Waals surface area contributed by atoms with Gasteiger partial charge in [-0.2, -0.15) is 0 Å². The normalized spacial score (nSPS) is 9.95. The smallest absolute Gasteiger partial charge is 0.290 e. The minimum absolute atomic E-state index is 0.236. The maximum atomic E-state index is 12.4. The molecule has 0 aliphatic heterocycles. The number of nitrogens with zero attached hydrogens (tertiary/aromatic N) is 1. The first-order chi connectivity index (χ1) is 30.9. The van der Waals surface area contributed by atoms with Crippen LogP contribution in [0.2, 0.25) is 0 Å². The molecular weight excluding hydrogens is 779 g/mol. The van der Waals surface area contributed by atoms with E-state index < -0.39 is 0 Å². The van der Waals surface area contributed by atoms with Crippen molar-refractivity contribution in [1.82, 2.24) is 0 Å². The summed E-state index contributed by atoms with van der Waals surface area (Å²) >= 11 is 0. The van der Waals surface area contributed by atoms with Gasteiger partial charge in [-0.15, -0.1) is 12.8 Å². The lowest BCUT2D eigenvalue weighted by molar-refractivity contribution is -0.122. The number of carboxylic acid groups (broad SMARTS) is 1. The van der Waals surface area contributed by atoms with Crippen LogP contribution in [0.4, 0.5) is 5.69 Å². The van der Waals surface area contributed by atoms with Crippen molar-refractivity contribution in [3.05, 3.63) is 26.0 Å². The van der Waals surface area contributed by atoms with Gasteiger partial charge in [-0.05, 0) is 25.7 Å². The lowest BCUT2D eigenvalue weighted by Crippen LogP contribution is -2.43. The van der Waals surface area contributed by atoms with Gasteiger partial charge in [-0.25, -0.2) is 0 Å². The summed E-state index contributed by atoms with van der Waals surface area (Å²) in [4.78, 5) is 35.1. The van der Waals surface area contributed by atoms with Crippen LogP contribution in [0.15, 0.2) is 9.59 Å². The lowest BCUT2D eigenvalue weighted by atomic mass is 9.89. The molecule has 6 nitrogen and oxygen atoms in total. The summed E-state index contributed by atoms with van der Waals surface area (Å²) in [7, 11) is 1.00. The fourth-order valence-corrected chi connectivity index (χ4v) is 7.83. The van der Waals surface area contributed by atoms with Gasteiger partial charge in [0.15, 0.2) is 0 Å². The molecule has 1 rings (SSSR count). The van der Waals surface area contributed by atoms with E-state index in [2.05, 4.69) is 52.4 Å². The third-order valence-corrected chi connectivity index (χ3v) is 11.7. The van der Waals surface area contributed by atoms with Crippen LogP contribution < -0.4 is 15.8 Å². The highest BCUT2D eigenvalue weighted by Gasteiger charge is 2.22. The zero-order chi connectivity index (χ0) is 49.0. The summed E-state index contributed by atoms with van der Waals surface area (Å²) in [5, 5.41) is 13.9. The van der Waals surface area contributed by atoms with E-state index in [9.17, 15) is 9.59 Å². The zero-order valence-electron chi connectivity index (χ0n) is 44.7. The molecule has 2 N–H and O–H groups in total. The second-order valence-corrected chi connectivity index (χ2v) is 16.9. The molecule has 0 radical (unpaired) electrons. The molecule has 0 aliphatic rings. The average molecular weight is 895 g/mol. The van der Waals surface area contributed by atoms with Gasteiger partial charge in [0, 0.05) is 25.8 Å². The Morgan fingerprint density at radius 2 is 0.651 bits per heavy atom. The van der Waals surface area contributed by atoms with Gasteiger partial charge in [-0.1, -0.05) is 281 Å². The van der Waals surface area contributed by atoms with E-state index in [0.717, 1.165) is 44.6 Å². The molecular formula is C57H115NO5. The molecule has 0 amide bonds. The molecule has 0 saturated heterocycles. The van der Waals surface area contributed by atoms with Crippen molar-refractivity contribution in [3.8, 4) is 12.8 Å². The Morgan fingerprint density at radius 1 is 0.429 bits per heavy atom. The SMILES string of the molecule is C#C.CC.CC.CCCC.CCCCCCCCCCCCCCCCN(CCCCCCCC(CCCCCCCC)CCCCCCCC)c1c(C)c(=O)c1=O.CO.O=CO. The van der Waals surface area contributed by atoms with Gasteiger partial charge >= 0.3 is 0 Å². The predicted molar refractivity (Wildman–Crippen MR) is 286 cm³/mol. The topological polar surface area (TPSA) is 94.9 Å². The summed E-state index contributed by atoms with van der Waals surface area (Å²) in [5.74, 6) is 0.944. The Kier molecular flexibility index (Phi) is 79.3. The number of terminal acetylenes is 1. The van der Waals surface area contributed by atoms with Gasteiger partial charge in [0.2, 0.25) is 10.9 Å². The number of hydrogen-bond donors (Lipinski definition) is 2. The van der Waals surface area contributed by atoms with Crippen molar-refractivity contribution in [1.29, 1.82) is 0 Å². The number of anilines is 1. The molecule has 0 bridgehead atoms. The fraction of sp³-hybridized carbons (Fsp3) is 0.877. The molecule has 378 valence electrons. The van der Waals surface area contributed by atoms with Gasteiger partial charge in [0.1, 0.15) is 0 Å². The number of carbonyl (C=O) groups is 1. The molecule has 6 heteroatoms. The van der Waals surface area contributed by atoms with Crippen LogP contribution in [0.5, 0.6) is 0 Å². The van der Waals surface area contributed by atoms with E-state index in [1.165, 1.54) is 218 Å². The molecule has 0 atom stereocenters. The van der Waals surface area contributed by atoms with Gasteiger partial charge in [0.25, 0.3) is 6.47 Å². The maximum absolute atomic E-state index is 12.4. The standard InChI is InChI=1S/C45H85NO2.C4H10.2C2H6.C2H2.CH2O2.CH4O/c1-5-8-11-14-17-18-19-20-21-22-23-24-29-34-39-46(43-41(4)44(47)45(43)48)40-35-30-25-28-33-38-42(36-31-26-15-12-9-6-2)37-32-27-16-13-10-7-3;1-3-4-2;3*1-2;2-1-3;1-2/h42H,5-40H2,1-4H3;3-4H2,1-2H3;2*1-2H3;1-2H;1H,(H,2,3);2H,1H3. The molecule has 0 aliphatic carbocycles. The second kappa shape index (κ2) is 68.9. The predicted octanol–water partition coefficient (Wildman–Crippen LogP) is 17.8. The Hall–Kier alpha value is -2.13. The minimum atomic E-state index is -0.257. The highest BCUT2D eigenvalue weighted by atomic mass is 16.3. The summed E-state index contributed by atoms with van der Waals surface area (Å²) in [6, 6.07) is 0. The van der Waals surface area contributed by atoms with E-state index in [1.54, 1.807) is 0 Å². The summed E-state index contributed by atoms with van der Waals surface area (Å²) in [5.41, 5.74) is 0.945. The summed E-state index contributed by atoms with van der Waals surface area (Å²) in [6.07, 6.45) is 57.4. The molecule has 63 heavy (non-hydrogen) atoms. The number of unbranched alkanes of at least 4 members (excludes halogenated alkanes) is 28. The Balaban J connectivity index is -0.000000477. The first kappa shape index (κ1) is 72.5. The lowest BCUT2D eigenvalue weighted by Gasteiger charge is -2.27. The van der Waals surface area contributed by atoms with Crippen LogP contribution in [0.3, 0.4) is 0 Å². The quantitative estimate of drug-likeness (QED) is 0.0296. The molecule has 0 spiro atoms. The van der Waals surface area contributed by atoms with E-state index in [1.807, 2.05) is 34.6 Å². The Labute approximate surface area is 396 Å². The summed E-state index contributed by atoms with van der Waals surface area (Å²) < 4.78 is 0. The fourth-order valence-electron chi connectivity index (χ4n) is 7.83. The highest BCUT2D eigenvalue weighted by molar-refractivity contribution is 5.57. The molecule has 0 fully saturated rings. The molecule has 0 aromatic heterocycles. The number of aliphatic hydroxyl groups excluding tert-OH is 1. The van der Waals surface area contributed by atoms with Crippen LogP contribution in [0.25, 0.3) is 0 Å². The molecule has 0 unspecified atom stereocenters. The number of rotatable bonds is 39. The highest BCUT2D eigenvalue weighted by Crippen LogP contribution is 2.25. The van der Waals surface area contributed by atoms with Crippen LogP contribution in [-0.4, -0.2) is 36.9 Å². The van der Waals surface area contributed by atoms with E-state index in [4.69, 9.17) is 15.0 Å². The van der Waals surface area contributed by atoms with E-state index in [0.29, 0.717) is 5.56 Å². The van der Waals surface area contributed by atoms with Crippen LogP contribution in [0.1, 0.15) is 299 Å². The van der Waals surface area contributed by atoms with Crippen LogP contribution in [0, 0.1) is 25.7 Å². The van der Waals surface area contributed by atoms with Gasteiger partial charge in [-0.3, -0.25) is 14.4 Å². The first-order valence-electron chi connectivity index (χ1n) is 27.3. The van der Waals surface area contributed by atoms with Crippen molar-refractivity contribution in [2.45, 2.75) is 300 Å². The Bertz CT molecular complexity index is 996. The van der Waals surface area contributed by atoms with Crippen molar-refractivity contribution >= 4 is 12.2 Å². The van der Waals surface area contributed by atoms with E-state index >= 15 is 0 Å². The molecule has 1 aromatic carbocycles. The van der Waals surface area contributed by atoms with Gasteiger partial charge < -0.3 is 15.1 Å². The Morgan fingerprint density at radius 3 is 0.873 bits per heavy atom.